The van der Waals surface area contributed by atoms with Crippen molar-refractivity contribution in [3.63, 3.8) is 0 Å². The van der Waals surface area contributed by atoms with E-state index in [1.807, 2.05) is 0 Å². The molecule has 0 spiro atoms. The molecule has 0 radical (unpaired) electrons. The fourth-order valence-electron chi connectivity index (χ4n) is 2.86. The highest BCUT2D eigenvalue weighted by Gasteiger charge is 2.54. The number of ether oxygens (including phenoxy) is 1. The number of aliphatic imine (C=N–C) groups is 1. The van der Waals surface area contributed by atoms with Crippen LogP contribution in [0.4, 0.5) is 18.9 Å². The van der Waals surface area contributed by atoms with Crippen LogP contribution >= 0.6 is 11.6 Å². The van der Waals surface area contributed by atoms with Crippen molar-refractivity contribution in [2.24, 2.45) is 17.8 Å². The third-order valence-electron chi connectivity index (χ3n) is 4.36. The van der Waals surface area contributed by atoms with Crippen molar-refractivity contribution in [3.05, 3.63) is 46.5 Å². The van der Waals surface area contributed by atoms with E-state index in [2.05, 4.69) is 15.4 Å². The number of carbonyl (C=O) groups excluding carboxylic acids is 1. The number of nitrogens with two attached hydrogens (primary N) is 1. The second kappa shape index (κ2) is 7.10. The zero-order chi connectivity index (χ0) is 20.7. The van der Waals surface area contributed by atoms with Gasteiger partial charge < -0.3 is 15.8 Å². The van der Waals surface area contributed by atoms with Gasteiger partial charge in [0, 0.05) is 24.5 Å². The summed E-state index contributed by atoms with van der Waals surface area (Å²) in [4.78, 5) is 16.2. The number of amidine groups is 1. The van der Waals surface area contributed by atoms with Crippen LogP contribution in [0.1, 0.15) is 23.0 Å². The smallest absolute Gasteiger partial charge is 0.299 e. The van der Waals surface area contributed by atoms with E-state index >= 15 is 0 Å². The maximum atomic E-state index is 14.7. The maximum absolute atomic E-state index is 14.7. The Morgan fingerprint density at radius 2 is 2.14 bits per heavy atom. The average Bonchev–Trinajstić information content (AvgIpc) is 2.89. The van der Waals surface area contributed by atoms with Crippen LogP contribution in [0.2, 0.25) is 5.02 Å². The first-order valence-electron chi connectivity index (χ1n) is 8.14. The second-order valence-corrected chi connectivity index (χ2v) is 6.93. The summed E-state index contributed by atoms with van der Waals surface area (Å²) in [6.45, 7) is -0.206. The number of carbonyl (C=O) groups is 1. The summed E-state index contributed by atoms with van der Waals surface area (Å²) in [5.41, 5.74) is 2.86. The maximum Gasteiger partial charge on any atom is 0.299 e. The zero-order valence-electron chi connectivity index (χ0n) is 15.0. The van der Waals surface area contributed by atoms with Gasteiger partial charge in [0.25, 0.3) is 11.8 Å². The number of benzene rings is 1. The molecule has 1 aromatic carbocycles. The van der Waals surface area contributed by atoms with Gasteiger partial charge in [-0.2, -0.15) is 5.10 Å². The summed E-state index contributed by atoms with van der Waals surface area (Å²) >= 11 is 5.93. The molecule has 28 heavy (non-hydrogen) atoms. The molecule has 2 heterocycles. The van der Waals surface area contributed by atoms with Crippen molar-refractivity contribution < 1.29 is 22.7 Å². The summed E-state index contributed by atoms with van der Waals surface area (Å²) in [6.07, 6.45) is 1.43. The van der Waals surface area contributed by atoms with Gasteiger partial charge in [-0.3, -0.25) is 14.5 Å². The molecule has 7 nitrogen and oxygen atoms in total. The van der Waals surface area contributed by atoms with Crippen LogP contribution in [0.15, 0.2) is 29.4 Å². The number of rotatable bonds is 3. The van der Waals surface area contributed by atoms with Gasteiger partial charge in [-0.1, -0.05) is 11.6 Å². The van der Waals surface area contributed by atoms with Crippen molar-refractivity contribution in [1.29, 1.82) is 0 Å². The lowest BCUT2D eigenvalue weighted by Crippen LogP contribution is -2.45. The van der Waals surface area contributed by atoms with Crippen molar-refractivity contribution in [2.45, 2.75) is 18.4 Å². The van der Waals surface area contributed by atoms with E-state index < -0.39 is 35.4 Å². The summed E-state index contributed by atoms with van der Waals surface area (Å²) in [5.74, 6) is -5.32. The number of nitrogens with one attached hydrogen (secondary N) is 1. The average molecular weight is 416 g/mol. The van der Waals surface area contributed by atoms with Gasteiger partial charge in [0.1, 0.15) is 24.9 Å². The van der Waals surface area contributed by atoms with Gasteiger partial charge in [0.2, 0.25) is 0 Å². The van der Waals surface area contributed by atoms with Crippen LogP contribution in [0.3, 0.4) is 0 Å². The molecule has 1 atom stereocenters. The molecule has 3 rings (SSSR count). The Morgan fingerprint density at radius 1 is 1.43 bits per heavy atom. The number of halogens is 4. The van der Waals surface area contributed by atoms with Crippen molar-refractivity contribution in [3.8, 4) is 0 Å². The predicted octanol–water partition coefficient (Wildman–Crippen LogP) is 2.70. The molecule has 0 fully saturated rings. The Kier molecular flexibility index (Phi) is 5.11. The summed E-state index contributed by atoms with van der Waals surface area (Å²) in [6, 6.07) is 3.28. The molecule has 2 aromatic rings. The van der Waals surface area contributed by atoms with Crippen LogP contribution in [0, 0.1) is 5.82 Å². The van der Waals surface area contributed by atoms with Gasteiger partial charge in [-0.25, -0.2) is 13.2 Å². The summed E-state index contributed by atoms with van der Waals surface area (Å²) in [5, 5.41) is 6.50. The van der Waals surface area contributed by atoms with E-state index in [9.17, 15) is 18.0 Å². The molecular formula is C17H17ClF3N5O2. The van der Waals surface area contributed by atoms with Gasteiger partial charge in [0.05, 0.1) is 5.02 Å². The van der Waals surface area contributed by atoms with Crippen molar-refractivity contribution in [1.82, 2.24) is 9.78 Å². The summed E-state index contributed by atoms with van der Waals surface area (Å²) in [7, 11) is 1.58. The van der Waals surface area contributed by atoms with E-state index in [1.165, 1.54) is 16.9 Å². The molecule has 0 saturated carbocycles. The van der Waals surface area contributed by atoms with Gasteiger partial charge in [-0.15, -0.1) is 0 Å². The van der Waals surface area contributed by atoms with Crippen molar-refractivity contribution >= 4 is 29.0 Å². The van der Waals surface area contributed by atoms with E-state index in [-0.39, 0.29) is 28.8 Å². The lowest BCUT2D eigenvalue weighted by molar-refractivity contribution is -0.116. The molecule has 0 saturated heterocycles. The largest absolute Gasteiger partial charge is 0.385 e. The number of amides is 1. The fraction of sp³-hybridized carbons (Fsp3) is 0.353. The Morgan fingerprint density at radius 3 is 2.79 bits per heavy atom. The number of aromatic nitrogens is 2. The Bertz CT molecular complexity index is 962. The SMILES string of the molecule is Cn1cc(Cl)c(C(=O)Nc2ccc(F)c([C@@]3(C)N=C(N)COCC3(F)F)c2)n1. The lowest BCUT2D eigenvalue weighted by Gasteiger charge is -2.33. The molecule has 11 heteroatoms. The molecule has 1 aromatic heterocycles. The second-order valence-electron chi connectivity index (χ2n) is 6.52. The third kappa shape index (κ3) is 3.57. The first-order valence-corrected chi connectivity index (χ1v) is 8.51. The first kappa shape index (κ1) is 20.2. The molecule has 1 aliphatic rings. The Labute approximate surface area is 163 Å². The minimum atomic E-state index is -3.54. The van der Waals surface area contributed by atoms with Crippen molar-refractivity contribution in [2.75, 3.05) is 18.5 Å². The minimum absolute atomic E-state index is 0.0586. The van der Waals surface area contributed by atoms with E-state index in [1.54, 1.807) is 7.05 Å². The molecule has 0 unspecified atom stereocenters. The highest BCUT2D eigenvalue weighted by Crippen LogP contribution is 2.44. The monoisotopic (exact) mass is 415 g/mol. The number of hydrogen-bond acceptors (Lipinski definition) is 5. The molecule has 1 aliphatic heterocycles. The van der Waals surface area contributed by atoms with Gasteiger partial charge in [0.15, 0.2) is 11.2 Å². The lowest BCUT2D eigenvalue weighted by atomic mass is 9.85. The van der Waals surface area contributed by atoms with Crippen LogP contribution in [-0.2, 0) is 17.3 Å². The standard InChI is InChI=1S/C17H17ClF3N5O2/c1-16(17(20,21)8-28-7-13(22)24-16)10-5-9(3-4-12(10)19)23-15(27)14-11(18)6-26(2)25-14/h3-6H,7-8H2,1-2H3,(H2,22,24)(H,23,27)/t16-/m1/s1. The minimum Gasteiger partial charge on any atom is -0.385 e. The molecular weight excluding hydrogens is 399 g/mol. The normalized spacial score (nSPS) is 21.7. The van der Waals surface area contributed by atoms with Gasteiger partial charge in [-0.05, 0) is 25.1 Å². The zero-order valence-corrected chi connectivity index (χ0v) is 15.7. The van der Waals surface area contributed by atoms with E-state index in [0.717, 1.165) is 19.1 Å². The highest BCUT2D eigenvalue weighted by atomic mass is 35.5. The van der Waals surface area contributed by atoms with Crippen LogP contribution in [0.5, 0.6) is 0 Å². The highest BCUT2D eigenvalue weighted by molar-refractivity contribution is 6.34. The molecule has 0 bridgehead atoms. The molecule has 3 N–H and O–H groups in total. The predicted molar refractivity (Wildman–Crippen MR) is 97.3 cm³/mol. The Balaban J connectivity index is 2.00. The first-order chi connectivity index (χ1) is 13.0. The quantitative estimate of drug-likeness (QED) is 0.805. The number of hydrogen-bond donors (Lipinski definition) is 2. The summed E-state index contributed by atoms with van der Waals surface area (Å²) < 4.78 is 50.1. The molecule has 1 amide bonds. The number of nitrogens with zero attached hydrogens (tertiary/aromatic N) is 3. The van der Waals surface area contributed by atoms with Crippen LogP contribution in [0.25, 0.3) is 0 Å². The Hall–Kier alpha value is -2.59. The molecule has 150 valence electrons. The number of aryl methyl sites for hydroxylation is 1. The topological polar surface area (TPSA) is 94.5 Å². The third-order valence-corrected chi connectivity index (χ3v) is 4.64. The van der Waals surface area contributed by atoms with Gasteiger partial charge >= 0.3 is 0 Å². The number of anilines is 1. The molecule has 0 aliphatic carbocycles. The van der Waals surface area contributed by atoms with Crippen LogP contribution < -0.4 is 11.1 Å². The number of alkyl halides is 2. The fourth-order valence-corrected chi connectivity index (χ4v) is 3.13. The van der Waals surface area contributed by atoms with E-state index in [4.69, 9.17) is 22.1 Å². The van der Waals surface area contributed by atoms with E-state index in [0.29, 0.717) is 0 Å². The van der Waals surface area contributed by atoms with Crippen LogP contribution in [-0.4, -0.2) is 40.7 Å².